The summed E-state index contributed by atoms with van der Waals surface area (Å²) in [5.41, 5.74) is 4.63. The van der Waals surface area contributed by atoms with E-state index in [1.165, 1.54) is 18.3 Å². The van der Waals surface area contributed by atoms with E-state index in [0.717, 1.165) is 58.3 Å². The third-order valence-corrected chi connectivity index (χ3v) is 7.82. The molecule has 0 radical (unpaired) electrons. The second kappa shape index (κ2) is 10.1. The SMILES string of the molecule is CCn1c(-c2ccccc2)c(C(=O)COC(=O)c2c(NC(C)=O)sc3c2CCCC3)c2ccccc21. The van der Waals surface area contributed by atoms with Crippen LogP contribution in [0, 0.1) is 0 Å². The van der Waals surface area contributed by atoms with Crippen LogP contribution in [0.3, 0.4) is 0 Å². The number of nitrogens with zero attached hydrogens (tertiary/aromatic N) is 1. The number of anilines is 1. The molecule has 0 unspecified atom stereocenters. The Kier molecular flexibility index (Phi) is 6.74. The maximum absolute atomic E-state index is 13.6. The summed E-state index contributed by atoms with van der Waals surface area (Å²) in [6, 6.07) is 17.6. The molecule has 0 atom stereocenters. The number of rotatable bonds is 7. The number of ketones is 1. The fourth-order valence-electron chi connectivity index (χ4n) is 5.12. The van der Waals surface area contributed by atoms with Gasteiger partial charge in [0.05, 0.1) is 16.8 Å². The van der Waals surface area contributed by atoms with Crippen LogP contribution in [0.1, 0.15) is 57.8 Å². The van der Waals surface area contributed by atoms with E-state index in [1.807, 2.05) is 54.6 Å². The molecular weight excluding hydrogens is 472 g/mol. The molecule has 0 fully saturated rings. The third kappa shape index (κ3) is 4.35. The second-order valence-electron chi connectivity index (χ2n) is 8.95. The number of nitrogens with one attached hydrogen (secondary N) is 1. The number of fused-ring (bicyclic) bond motifs is 2. The monoisotopic (exact) mass is 500 g/mol. The predicted octanol–water partition coefficient (Wildman–Crippen LogP) is 6.27. The number of carbonyl (C=O) groups is 3. The zero-order chi connectivity index (χ0) is 25.2. The van der Waals surface area contributed by atoms with Crippen molar-refractivity contribution in [1.29, 1.82) is 0 Å². The average molecular weight is 501 g/mol. The highest BCUT2D eigenvalue weighted by Gasteiger charge is 2.29. The summed E-state index contributed by atoms with van der Waals surface area (Å²) in [7, 11) is 0. The fourth-order valence-corrected chi connectivity index (χ4v) is 6.44. The molecule has 2 heterocycles. The first-order chi connectivity index (χ1) is 17.5. The van der Waals surface area contributed by atoms with Gasteiger partial charge in [-0.1, -0.05) is 48.5 Å². The van der Waals surface area contributed by atoms with Crippen molar-refractivity contribution >= 4 is 44.9 Å². The third-order valence-electron chi connectivity index (χ3n) is 6.61. The van der Waals surface area contributed by atoms with Gasteiger partial charge >= 0.3 is 5.97 Å². The zero-order valence-electron chi connectivity index (χ0n) is 20.4. The summed E-state index contributed by atoms with van der Waals surface area (Å²) in [6.45, 7) is 3.79. The Morgan fingerprint density at radius 3 is 2.44 bits per heavy atom. The normalized spacial score (nSPS) is 12.8. The first-order valence-electron chi connectivity index (χ1n) is 12.3. The quantitative estimate of drug-likeness (QED) is 0.240. The van der Waals surface area contributed by atoms with Crippen molar-refractivity contribution in [2.24, 2.45) is 0 Å². The number of carbonyl (C=O) groups excluding carboxylic acids is 3. The van der Waals surface area contributed by atoms with Gasteiger partial charge in [-0.3, -0.25) is 9.59 Å². The predicted molar refractivity (Wildman–Crippen MR) is 143 cm³/mol. The van der Waals surface area contributed by atoms with E-state index in [1.54, 1.807) is 0 Å². The molecule has 7 heteroatoms. The van der Waals surface area contributed by atoms with Gasteiger partial charge in [-0.25, -0.2) is 4.79 Å². The molecule has 1 amide bonds. The number of hydrogen-bond acceptors (Lipinski definition) is 5. The lowest BCUT2D eigenvalue weighted by atomic mass is 9.95. The lowest BCUT2D eigenvalue weighted by Crippen LogP contribution is -2.18. The van der Waals surface area contributed by atoms with E-state index < -0.39 is 5.97 Å². The highest BCUT2D eigenvalue weighted by molar-refractivity contribution is 7.17. The fraction of sp³-hybridized carbons (Fsp3) is 0.276. The molecule has 4 aromatic rings. The minimum Gasteiger partial charge on any atom is -0.454 e. The van der Waals surface area contributed by atoms with Gasteiger partial charge in [-0.15, -0.1) is 11.3 Å². The number of benzene rings is 2. The van der Waals surface area contributed by atoms with Gasteiger partial charge in [0, 0.05) is 29.2 Å². The Balaban J connectivity index is 1.49. The molecule has 1 N–H and O–H groups in total. The Morgan fingerprint density at radius 1 is 0.972 bits per heavy atom. The van der Waals surface area contributed by atoms with E-state index in [4.69, 9.17) is 4.74 Å². The molecule has 2 aromatic heterocycles. The number of esters is 1. The van der Waals surface area contributed by atoms with Crippen LogP contribution < -0.4 is 5.32 Å². The van der Waals surface area contributed by atoms with E-state index in [2.05, 4.69) is 16.8 Å². The van der Waals surface area contributed by atoms with Gasteiger partial charge in [0.1, 0.15) is 5.00 Å². The molecule has 5 rings (SSSR count). The van der Waals surface area contributed by atoms with Crippen LogP contribution in [0.25, 0.3) is 22.2 Å². The number of thiophene rings is 1. The van der Waals surface area contributed by atoms with Crippen LogP contribution in [0.15, 0.2) is 54.6 Å². The molecule has 6 nitrogen and oxygen atoms in total. The Bertz CT molecular complexity index is 1470. The standard InChI is InChI=1S/C29H28N2O4S/c1-3-31-22-15-9-7-13-20(22)25(27(31)19-11-5-4-6-12-19)23(33)17-35-29(34)26-21-14-8-10-16-24(21)36-28(26)30-18(2)32/h4-7,9,11-13,15H,3,8,10,14,16-17H2,1-2H3,(H,30,32). The van der Waals surface area contributed by atoms with Crippen LogP contribution in [0.4, 0.5) is 5.00 Å². The lowest BCUT2D eigenvalue weighted by Gasteiger charge is -2.13. The van der Waals surface area contributed by atoms with Crippen molar-refractivity contribution < 1.29 is 19.1 Å². The Labute approximate surface area is 213 Å². The number of aryl methyl sites for hydroxylation is 2. The van der Waals surface area contributed by atoms with Crippen LogP contribution in [-0.4, -0.2) is 28.8 Å². The molecule has 0 spiro atoms. The van der Waals surface area contributed by atoms with Crippen LogP contribution in [-0.2, 0) is 28.9 Å². The number of Topliss-reactive ketones (excluding diaryl/α,β-unsaturated/α-hetero) is 1. The van der Waals surface area contributed by atoms with Gasteiger partial charge in [-0.2, -0.15) is 0 Å². The maximum atomic E-state index is 13.6. The number of amides is 1. The molecular formula is C29H28N2O4S. The number of aromatic nitrogens is 1. The van der Waals surface area contributed by atoms with Crippen LogP contribution >= 0.6 is 11.3 Å². The highest BCUT2D eigenvalue weighted by atomic mass is 32.1. The molecule has 1 aliphatic rings. The van der Waals surface area contributed by atoms with Gasteiger partial charge < -0.3 is 14.6 Å². The maximum Gasteiger partial charge on any atom is 0.341 e. The first-order valence-corrected chi connectivity index (χ1v) is 13.1. The van der Waals surface area contributed by atoms with E-state index >= 15 is 0 Å². The Hall–Kier alpha value is -3.71. The van der Waals surface area contributed by atoms with E-state index in [-0.39, 0.29) is 18.3 Å². The first kappa shape index (κ1) is 24.0. The topological polar surface area (TPSA) is 77.4 Å². The highest BCUT2D eigenvalue weighted by Crippen LogP contribution is 2.39. The minimum absolute atomic E-state index is 0.237. The van der Waals surface area contributed by atoms with Crippen LogP contribution in [0.5, 0.6) is 0 Å². The molecule has 0 saturated carbocycles. The molecule has 36 heavy (non-hydrogen) atoms. The Morgan fingerprint density at radius 2 is 1.69 bits per heavy atom. The second-order valence-corrected chi connectivity index (χ2v) is 10.1. The number of ether oxygens (including phenoxy) is 1. The molecule has 1 aliphatic carbocycles. The van der Waals surface area contributed by atoms with Gasteiger partial charge in [0.25, 0.3) is 0 Å². The van der Waals surface area contributed by atoms with E-state index in [9.17, 15) is 14.4 Å². The van der Waals surface area contributed by atoms with Crippen molar-refractivity contribution in [3.05, 3.63) is 76.2 Å². The smallest absolute Gasteiger partial charge is 0.341 e. The van der Waals surface area contributed by atoms with Crippen molar-refractivity contribution in [2.45, 2.75) is 46.1 Å². The van der Waals surface area contributed by atoms with Crippen molar-refractivity contribution in [3.63, 3.8) is 0 Å². The summed E-state index contributed by atoms with van der Waals surface area (Å²) < 4.78 is 7.76. The summed E-state index contributed by atoms with van der Waals surface area (Å²) >= 11 is 1.44. The zero-order valence-corrected chi connectivity index (χ0v) is 21.2. The van der Waals surface area contributed by atoms with Gasteiger partial charge in [0.2, 0.25) is 11.7 Å². The largest absolute Gasteiger partial charge is 0.454 e. The van der Waals surface area contributed by atoms with Crippen molar-refractivity contribution in [3.8, 4) is 11.3 Å². The minimum atomic E-state index is -0.563. The number of para-hydroxylation sites is 1. The van der Waals surface area contributed by atoms with Gasteiger partial charge in [-0.05, 0) is 49.8 Å². The van der Waals surface area contributed by atoms with Crippen molar-refractivity contribution in [2.75, 3.05) is 11.9 Å². The van der Waals surface area contributed by atoms with Crippen molar-refractivity contribution in [1.82, 2.24) is 4.57 Å². The lowest BCUT2D eigenvalue weighted by molar-refractivity contribution is -0.114. The molecule has 0 aliphatic heterocycles. The van der Waals surface area contributed by atoms with Crippen LogP contribution in [0.2, 0.25) is 0 Å². The van der Waals surface area contributed by atoms with E-state index in [0.29, 0.717) is 22.7 Å². The van der Waals surface area contributed by atoms with Gasteiger partial charge in [0.15, 0.2) is 6.61 Å². The average Bonchev–Trinajstić information content (AvgIpc) is 3.42. The summed E-state index contributed by atoms with van der Waals surface area (Å²) in [4.78, 5) is 39.8. The number of hydrogen-bond donors (Lipinski definition) is 1. The molecule has 184 valence electrons. The summed E-state index contributed by atoms with van der Waals surface area (Å²) in [6.07, 6.45) is 3.70. The summed E-state index contributed by atoms with van der Waals surface area (Å²) in [5, 5.41) is 4.14. The molecule has 2 aromatic carbocycles. The summed E-state index contributed by atoms with van der Waals surface area (Å²) in [5.74, 6) is -1.05. The molecule has 0 bridgehead atoms. The molecule has 0 saturated heterocycles.